The molecule has 11 heteroatoms. The molecule has 0 unspecified atom stereocenters. The molecule has 6 heterocycles. The van der Waals surface area contributed by atoms with Crippen LogP contribution in [0, 0.1) is 0 Å². The van der Waals surface area contributed by atoms with Crippen LogP contribution in [-0.2, 0) is 13.1 Å². The smallest absolute Gasteiger partial charge is 0.260 e. The lowest BCUT2D eigenvalue weighted by molar-refractivity contribution is 0.0996. The number of anilines is 2. The molecule has 4 aromatic rings. The molecule has 1 N–H and O–H groups in total. The van der Waals surface area contributed by atoms with Gasteiger partial charge in [-0.3, -0.25) is 14.3 Å². The fraction of sp³-hybridized carbons (Fsp3) is 0.407. The Hall–Kier alpha value is -4.12. The van der Waals surface area contributed by atoms with E-state index in [1.807, 2.05) is 46.6 Å². The van der Waals surface area contributed by atoms with Gasteiger partial charge in [0.25, 0.3) is 5.91 Å². The minimum atomic E-state index is -0.0585. The Morgan fingerprint density at radius 1 is 1.16 bits per heavy atom. The molecule has 2 aliphatic heterocycles. The first-order chi connectivity index (χ1) is 18.5. The second-order valence-electron chi connectivity index (χ2n) is 10.2. The van der Waals surface area contributed by atoms with Gasteiger partial charge in [0, 0.05) is 36.8 Å². The van der Waals surface area contributed by atoms with Crippen molar-refractivity contribution in [1.29, 1.82) is 0 Å². The third-order valence-electron chi connectivity index (χ3n) is 7.35. The predicted octanol–water partition coefficient (Wildman–Crippen LogP) is 3.37. The second kappa shape index (κ2) is 9.64. The Labute approximate surface area is 221 Å². The van der Waals surface area contributed by atoms with Gasteiger partial charge < -0.3 is 10.2 Å². The molecule has 2 aliphatic rings. The van der Waals surface area contributed by atoms with Crippen LogP contribution in [0.4, 0.5) is 11.6 Å². The molecule has 1 atom stereocenters. The van der Waals surface area contributed by atoms with Gasteiger partial charge in [0.05, 0.1) is 24.0 Å². The van der Waals surface area contributed by atoms with Crippen LogP contribution >= 0.6 is 0 Å². The van der Waals surface area contributed by atoms with Crippen LogP contribution in [0.1, 0.15) is 61.3 Å². The molecule has 0 aliphatic carbocycles. The molecule has 4 aromatic heterocycles. The van der Waals surface area contributed by atoms with Crippen LogP contribution in [0.5, 0.6) is 0 Å². The van der Waals surface area contributed by atoms with Crippen molar-refractivity contribution in [1.82, 2.24) is 39.8 Å². The summed E-state index contributed by atoms with van der Waals surface area (Å²) in [6.45, 7) is 8.35. The number of fused-ring (bicyclic) bond motifs is 1. The summed E-state index contributed by atoms with van der Waals surface area (Å²) in [5.74, 6) is 2.83. The molecule has 0 bridgehead atoms. The van der Waals surface area contributed by atoms with Gasteiger partial charge in [-0.2, -0.15) is 5.10 Å². The van der Waals surface area contributed by atoms with Gasteiger partial charge in [0.2, 0.25) is 0 Å². The first-order valence-electron chi connectivity index (χ1n) is 13.1. The molecule has 196 valence electrons. The number of nitrogens with zero attached hydrogens (tertiary/aromatic N) is 9. The van der Waals surface area contributed by atoms with Gasteiger partial charge in [-0.1, -0.05) is 6.07 Å². The minimum Gasteiger partial charge on any atom is -0.354 e. The number of hydrogen-bond donors (Lipinski definition) is 1. The zero-order valence-electron chi connectivity index (χ0n) is 22.2. The van der Waals surface area contributed by atoms with Crippen molar-refractivity contribution < 1.29 is 4.79 Å². The molecular weight excluding hydrogens is 480 g/mol. The average Bonchev–Trinajstić information content (AvgIpc) is 3.71. The lowest BCUT2D eigenvalue weighted by atomic mass is 10.1. The molecule has 0 saturated carbocycles. The van der Waals surface area contributed by atoms with E-state index in [2.05, 4.69) is 46.3 Å². The standard InChI is InChI=1S/C27H32N10O/c1-17(2)37-25(10-11-30-37)36-16-29-33-26(36)21-8-5-9-23(31-21)35-15-20-19(27(35)38)13-24(32-22(20)14-28-4)34-12-6-7-18(34)3/h5,8-11,13,16-18,28H,6-7,12,14-15H2,1-4H3/t18-/m1/s1. The van der Waals surface area contributed by atoms with Crippen molar-refractivity contribution in [2.75, 3.05) is 23.4 Å². The van der Waals surface area contributed by atoms with Gasteiger partial charge in [-0.25, -0.2) is 14.6 Å². The third kappa shape index (κ3) is 4.03. The van der Waals surface area contributed by atoms with Crippen LogP contribution < -0.4 is 15.1 Å². The molecule has 0 spiro atoms. The highest BCUT2D eigenvalue weighted by Gasteiger charge is 2.34. The normalized spacial score (nSPS) is 17.2. The fourth-order valence-electron chi connectivity index (χ4n) is 5.44. The summed E-state index contributed by atoms with van der Waals surface area (Å²) in [7, 11) is 1.90. The second-order valence-corrected chi connectivity index (χ2v) is 10.2. The third-order valence-corrected chi connectivity index (χ3v) is 7.35. The first kappa shape index (κ1) is 24.2. The largest absolute Gasteiger partial charge is 0.354 e. The summed E-state index contributed by atoms with van der Waals surface area (Å²) < 4.78 is 3.78. The van der Waals surface area contributed by atoms with Gasteiger partial charge in [-0.15, -0.1) is 10.2 Å². The van der Waals surface area contributed by atoms with Gasteiger partial charge >= 0.3 is 0 Å². The zero-order valence-corrected chi connectivity index (χ0v) is 22.2. The van der Waals surface area contributed by atoms with Crippen molar-refractivity contribution in [2.24, 2.45) is 0 Å². The van der Waals surface area contributed by atoms with E-state index < -0.39 is 0 Å². The summed E-state index contributed by atoms with van der Waals surface area (Å²) >= 11 is 0. The Morgan fingerprint density at radius 3 is 2.79 bits per heavy atom. The summed E-state index contributed by atoms with van der Waals surface area (Å²) in [5, 5.41) is 16.2. The SMILES string of the molecule is CNCc1nc(N2CCC[C@H]2C)cc2c1CN(c1cccc(-c3nncn3-c3ccnn3C(C)C)n1)C2=O. The van der Waals surface area contributed by atoms with E-state index >= 15 is 0 Å². The van der Waals surface area contributed by atoms with Crippen molar-refractivity contribution in [3.8, 4) is 17.3 Å². The molecule has 1 amide bonds. The van der Waals surface area contributed by atoms with Crippen molar-refractivity contribution in [3.05, 3.63) is 59.7 Å². The predicted molar refractivity (Wildman–Crippen MR) is 144 cm³/mol. The maximum absolute atomic E-state index is 13.7. The number of nitrogens with one attached hydrogen (secondary N) is 1. The number of aromatic nitrogens is 7. The molecule has 38 heavy (non-hydrogen) atoms. The van der Waals surface area contributed by atoms with Crippen LogP contribution in [0.3, 0.4) is 0 Å². The molecule has 11 nitrogen and oxygen atoms in total. The van der Waals surface area contributed by atoms with E-state index in [4.69, 9.17) is 9.97 Å². The Morgan fingerprint density at radius 2 is 2.03 bits per heavy atom. The van der Waals surface area contributed by atoms with Crippen molar-refractivity contribution in [3.63, 3.8) is 0 Å². The van der Waals surface area contributed by atoms with E-state index in [0.29, 0.717) is 42.0 Å². The molecule has 1 fully saturated rings. The van der Waals surface area contributed by atoms with Crippen LogP contribution in [0.2, 0.25) is 0 Å². The van der Waals surface area contributed by atoms with Gasteiger partial charge in [-0.05, 0) is 58.9 Å². The summed E-state index contributed by atoms with van der Waals surface area (Å²) in [5.41, 5.74) is 3.19. The quantitative estimate of drug-likeness (QED) is 0.401. The number of carbonyl (C=O) groups is 1. The lowest BCUT2D eigenvalue weighted by Gasteiger charge is -2.24. The number of amides is 1. The molecule has 0 radical (unpaired) electrons. The zero-order chi connectivity index (χ0) is 26.4. The van der Waals surface area contributed by atoms with E-state index in [-0.39, 0.29) is 11.9 Å². The number of carbonyl (C=O) groups excluding carboxylic acids is 1. The topological polar surface area (TPSA) is 110 Å². The maximum Gasteiger partial charge on any atom is 0.260 e. The van der Waals surface area contributed by atoms with Crippen LogP contribution in [0.25, 0.3) is 17.3 Å². The van der Waals surface area contributed by atoms with Crippen molar-refractivity contribution >= 4 is 17.5 Å². The highest BCUT2D eigenvalue weighted by Crippen LogP contribution is 2.34. The van der Waals surface area contributed by atoms with Crippen molar-refractivity contribution in [2.45, 2.75) is 58.8 Å². The van der Waals surface area contributed by atoms with E-state index in [1.54, 1.807) is 17.4 Å². The van der Waals surface area contributed by atoms with E-state index in [9.17, 15) is 4.79 Å². The maximum atomic E-state index is 13.7. The summed E-state index contributed by atoms with van der Waals surface area (Å²) in [6, 6.07) is 10.1. The van der Waals surface area contributed by atoms with E-state index in [0.717, 1.165) is 42.3 Å². The lowest BCUT2D eigenvalue weighted by Crippen LogP contribution is -2.28. The Kier molecular flexibility index (Phi) is 6.15. The van der Waals surface area contributed by atoms with Gasteiger partial charge in [0.15, 0.2) is 5.82 Å². The van der Waals surface area contributed by atoms with Gasteiger partial charge in [0.1, 0.15) is 29.5 Å². The van der Waals surface area contributed by atoms with E-state index in [1.165, 1.54) is 0 Å². The fourth-order valence-corrected chi connectivity index (χ4v) is 5.44. The summed E-state index contributed by atoms with van der Waals surface area (Å²) in [6.07, 6.45) is 5.70. The molecule has 0 aromatic carbocycles. The number of hydrogen-bond acceptors (Lipinski definition) is 8. The van der Waals surface area contributed by atoms with Crippen LogP contribution in [-0.4, -0.2) is 60.1 Å². The Balaban J connectivity index is 1.35. The molecule has 1 saturated heterocycles. The van der Waals surface area contributed by atoms with Crippen LogP contribution in [0.15, 0.2) is 42.9 Å². The monoisotopic (exact) mass is 512 g/mol. The molecule has 6 rings (SSSR count). The first-order valence-corrected chi connectivity index (χ1v) is 13.1. The minimum absolute atomic E-state index is 0.0585. The summed E-state index contributed by atoms with van der Waals surface area (Å²) in [4.78, 5) is 27.6. The number of rotatable bonds is 7. The molecular formula is C27H32N10O. The highest BCUT2D eigenvalue weighted by atomic mass is 16.2. The number of pyridine rings is 2. The highest BCUT2D eigenvalue weighted by molar-refractivity contribution is 6.10. The Bertz CT molecular complexity index is 1490. The average molecular weight is 513 g/mol.